The van der Waals surface area contributed by atoms with E-state index in [1.165, 1.54) is 12.1 Å². The maximum atomic E-state index is 12.9. The molecule has 0 radical (unpaired) electrons. The van der Waals surface area contributed by atoms with Gasteiger partial charge in [-0.2, -0.15) is 0 Å². The second-order valence-corrected chi connectivity index (χ2v) is 5.55. The molecule has 0 fully saturated rings. The first kappa shape index (κ1) is 14.1. The molecule has 2 nitrogen and oxygen atoms in total. The molecule has 0 saturated heterocycles. The zero-order chi connectivity index (χ0) is 12.9. The Balaban J connectivity index is 2.78. The standard InChI is InChI=1S/C14H22FNO/c1-14(2,3)10-13(16-8-9-17)11-4-6-12(15)7-5-11/h4-7,13,16-17H,8-10H2,1-3H3. The smallest absolute Gasteiger partial charge is 0.123 e. The predicted molar refractivity (Wildman–Crippen MR) is 68.3 cm³/mol. The van der Waals surface area contributed by atoms with E-state index < -0.39 is 0 Å². The number of aliphatic hydroxyl groups excluding tert-OH is 1. The molecule has 0 aliphatic heterocycles. The van der Waals surface area contributed by atoms with Crippen LogP contribution in [0.3, 0.4) is 0 Å². The number of benzene rings is 1. The van der Waals surface area contributed by atoms with Crippen LogP contribution < -0.4 is 5.32 Å². The van der Waals surface area contributed by atoms with Gasteiger partial charge in [-0.1, -0.05) is 32.9 Å². The van der Waals surface area contributed by atoms with Gasteiger partial charge < -0.3 is 10.4 Å². The minimum Gasteiger partial charge on any atom is -0.395 e. The Morgan fingerprint density at radius 3 is 2.29 bits per heavy atom. The molecule has 0 saturated carbocycles. The van der Waals surface area contributed by atoms with Gasteiger partial charge in [0, 0.05) is 12.6 Å². The monoisotopic (exact) mass is 239 g/mol. The largest absolute Gasteiger partial charge is 0.395 e. The summed E-state index contributed by atoms with van der Waals surface area (Å²) in [4.78, 5) is 0. The second-order valence-electron chi connectivity index (χ2n) is 5.55. The molecule has 0 aromatic heterocycles. The predicted octanol–water partition coefficient (Wildman–Crippen LogP) is 2.88. The first-order valence-corrected chi connectivity index (χ1v) is 6.02. The van der Waals surface area contributed by atoms with Crippen LogP contribution >= 0.6 is 0 Å². The van der Waals surface area contributed by atoms with Crippen molar-refractivity contribution in [3.05, 3.63) is 35.6 Å². The van der Waals surface area contributed by atoms with Crippen molar-refractivity contribution in [1.82, 2.24) is 5.32 Å². The van der Waals surface area contributed by atoms with E-state index >= 15 is 0 Å². The number of aliphatic hydroxyl groups is 1. The third-order valence-corrected chi connectivity index (χ3v) is 2.59. The minimum absolute atomic E-state index is 0.113. The molecule has 1 unspecified atom stereocenters. The summed E-state index contributed by atoms with van der Waals surface area (Å²) in [5.41, 5.74) is 1.25. The second kappa shape index (κ2) is 6.12. The van der Waals surface area contributed by atoms with E-state index in [0.717, 1.165) is 12.0 Å². The minimum atomic E-state index is -0.217. The maximum Gasteiger partial charge on any atom is 0.123 e. The van der Waals surface area contributed by atoms with E-state index in [1.54, 1.807) is 12.1 Å². The number of hydrogen-bond donors (Lipinski definition) is 2. The molecule has 1 aromatic carbocycles. The molecule has 0 bridgehead atoms. The zero-order valence-corrected chi connectivity index (χ0v) is 10.8. The topological polar surface area (TPSA) is 32.3 Å². The van der Waals surface area contributed by atoms with Gasteiger partial charge >= 0.3 is 0 Å². The first-order chi connectivity index (χ1) is 7.92. The summed E-state index contributed by atoms with van der Waals surface area (Å²) in [6.07, 6.45) is 0.943. The first-order valence-electron chi connectivity index (χ1n) is 6.02. The molecule has 0 spiro atoms. The van der Waals surface area contributed by atoms with Crippen LogP contribution in [0.25, 0.3) is 0 Å². The van der Waals surface area contributed by atoms with Gasteiger partial charge in [0.25, 0.3) is 0 Å². The Labute approximate surface area is 103 Å². The number of rotatable bonds is 5. The third-order valence-electron chi connectivity index (χ3n) is 2.59. The van der Waals surface area contributed by atoms with E-state index in [9.17, 15) is 4.39 Å². The fourth-order valence-corrected chi connectivity index (χ4v) is 1.85. The third kappa shape index (κ3) is 5.29. The average molecular weight is 239 g/mol. The summed E-state index contributed by atoms with van der Waals surface area (Å²) in [5, 5.41) is 12.2. The lowest BCUT2D eigenvalue weighted by Crippen LogP contribution is -2.28. The maximum absolute atomic E-state index is 12.9. The molecule has 1 aromatic rings. The van der Waals surface area contributed by atoms with Crippen molar-refractivity contribution in [2.45, 2.75) is 33.2 Å². The zero-order valence-electron chi connectivity index (χ0n) is 10.8. The molecule has 3 heteroatoms. The van der Waals surface area contributed by atoms with Gasteiger partial charge in [0.15, 0.2) is 0 Å². The lowest BCUT2D eigenvalue weighted by atomic mass is 9.85. The SMILES string of the molecule is CC(C)(C)CC(NCCO)c1ccc(F)cc1. The van der Waals surface area contributed by atoms with Crippen molar-refractivity contribution in [3.63, 3.8) is 0 Å². The van der Waals surface area contributed by atoms with Crippen LogP contribution in [0.4, 0.5) is 4.39 Å². The lowest BCUT2D eigenvalue weighted by Gasteiger charge is -2.27. The molecule has 0 aliphatic carbocycles. The summed E-state index contributed by atoms with van der Waals surface area (Å²) >= 11 is 0. The van der Waals surface area contributed by atoms with Crippen molar-refractivity contribution in [2.24, 2.45) is 5.41 Å². The summed E-state index contributed by atoms with van der Waals surface area (Å²) < 4.78 is 12.9. The molecular formula is C14H22FNO. The lowest BCUT2D eigenvalue weighted by molar-refractivity contribution is 0.262. The number of halogens is 1. The molecule has 1 rings (SSSR count). The van der Waals surface area contributed by atoms with Crippen LogP contribution in [0.2, 0.25) is 0 Å². The van der Waals surface area contributed by atoms with Crippen molar-refractivity contribution < 1.29 is 9.50 Å². The van der Waals surface area contributed by atoms with Crippen molar-refractivity contribution >= 4 is 0 Å². The van der Waals surface area contributed by atoms with Gasteiger partial charge in [0.05, 0.1) is 6.61 Å². The summed E-state index contributed by atoms with van der Waals surface area (Å²) in [5.74, 6) is -0.217. The normalized spacial score (nSPS) is 13.7. The van der Waals surface area contributed by atoms with Crippen LogP contribution in [-0.2, 0) is 0 Å². The Morgan fingerprint density at radius 1 is 1.24 bits per heavy atom. The highest BCUT2D eigenvalue weighted by molar-refractivity contribution is 5.20. The quantitative estimate of drug-likeness (QED) is 0.828. The molecule has 2 N–H and O–H groups in total. The van der Waals surface area contributed by atoms with Crippen LogP contribution in [0.5, 0.6) is 0 Å². The van der Waals surface area contributed by atoms with E-state index in [-0.39, 0.29) is 23.9 Å². The molecule has 96 valence electrons. The summed E-state index contributed by atoms with van der Waals surface area (Å²) in [6.45, 7) is 7.18. The van der Waals surface area contributed by atoms with Gasteiger partial charge in [-0.05, 0) is 29.5 Å². The molecule has 1 atom stereocenters. The van der Waals surface area contributed by atoms with Gasteiger partial charge in [-0.15, -0.1) is 0 Å². The Hall–Kier alpha value is -0.930. The number of nitrogens with one attached hydrogen (secondary N) is 1. The van der Waals surface area contributed by atoms with Gasteiger partial charge in [0.2, 0.25) is 0 Å². The van der Waals surface area contributed by atoms with Gasteiger partial charge in [0.1, 0.15) is 5.82 Å². The fourth-order valence-electron chi connectivity index (χ4n) is 1.85. The highest BCUT2D eigenvalue weighted by Gasteiger charge is 2.19. The Bertz CT molecular complexity index is 329. The van der Waals surface area contributed by atoms with Gasteiger partial charge in [-0.3, -0.25) is 0 Å². The molecule has 0 amide bonds. The molecule has 17 heavy (non-hydrogen) atoms. The Kier molecular flexibility index (Phi) is 5.09. The van der Waals surface area contributed by atoms with Crippen molar-refractivity contribution in [3.8, 4) is 0 Å². The van der Waals surface area contributed by atoms with Crippen LogP contribution in [0.1, 0.15) is 38.8 Å². The van der Waals surface area contributed by atoms with Gasteiger partial charge in [-0.25, -0.2) is 4.39 Å². The highest BCUT2D eigenvalue weighted by atomic mass is 19.1. The van der Waals surface area contributed by atoms with Crippen LogP contribution in [-0.4, -0.2) is 18.3 Å². The summed E-state index contributed by atoms with van der Waals surface area (Å²) in [7, 11) is 0. The average Bonchev–Trinajstić information content (AvgIpc) is 2.24. The van der Waals surface area contributed by atoms with Crippen molar-refractivity contribution in [2.75, 3.05) is 13.2 Å². The number of hydrogen-bond acceptors (Lipinski definition) is 2. The van der Waals surface area contributed by atoms with E-state index in [1.807, 2.05) is 0 Å². The Morgan fingerprint density at radius 2 is 1.82 bits per heavy atom. The van der Waals surface area contributed by atoms with Crippen LogP contribution in [0.15, 0.2) is 24.3 Å². The van der Waals surface area contributed by atoms with E-state index in [4.69, 9.17) is 5.11 Å². The van der Waals surface area contributed by atoms with Crippen LogP contribution in [0, 0.1) is 11.2 Å². The van der Waals surface area contributed by atoms with E-state index in [0.29, 0.717) is 6.54 Å². The fraction of sp³-hybridized carbons (Fsp3) is 0.571. The molecule has 0 heterocycles. The van der Waals surface area contributed by atoms with E-state index in [2.05, 4.69) is 26.1 Å². The molecular weight excluding hydrogens is 217 g/mol. The summed E-state index contributed by atoms with van der Waals surface area (Å²) in [6, 6.07) is 6.71. The highest BCUT2D eigenvalue weighted by Crippen LogP contribution is 2.29. The van der Waals surface area contributed by atoms with Crippen molar-refractivity contribution in [1.29, 1.82) is 0 Å². The molecule has 0 aliphatic rings.